The summed E-state index contributed by atoms with van der Waals surface area (Å²) in [5.41, 5.74) is 0. The lowest BCUT2D eigenvalue weighted by Gasteiger charge is -2.27. The molecule has 0 spiro atoms. The van der Waals surface area contributed by atoms with Crippen LogP contribution in [0.2, 0.25) is 0 Å². The first-order valence-corrected chi connectivity index (χ1v) is 24.7. The number of amides is 1. The fraction of sp³-hybridized carbons (Fsp3) is 0.900. The first kappa shape index (κ1) is 54.8. The fourth-order valence-corrected chi connectivity index (χ4v) is 7.69. The molecule has 0 aliphatic heterocycles. The molecular weight excluding hydrogens is 695 g/mol. The molecule has 4 atom stereocenters. The number of carbonyl (C=O) groups excluding carboxylic acids is 1. The largest absolute Gasteiger partial charge is 0.394 e. The van der Waals surface area contributed by atoms with Crippen LogP contribution in [0.5, 0.6) is 0 Å². The Hall–Kier alpha value is -1.21. The average molecular weight is 792 g/mol. The third-order valence-corrected chi connectivity index (χ3v) is 11.6. The Kier molecular flexibility index (Phi) is 43.9. The summed E-state index contributed by atoms with van der Waals surface area (Å²) < 4.78 is 0. The van der Waals surface area contributed by atoms with Gasteiger partial charge in [-0.15, -0.1) is 0 Å². The molecule has 56 heavy (non-hydrogen) atoms. The van der Waals surface area contributed by atoms with Crippen LogP contribution in [-0.2, 0) is 4.79 Å². The van der Waals surface area contributed by atoms with E-state index in [0.29, 0.717) is 12.8 Å². The molecule has 332 valence electrons. The minimum absolute atomic E-state index is 0.357. The third kappa shape index (κ3) is 38.3. The van der Waals surface area contributed by atoms with Gasteiger partial charge >= 0.3 is 0 Å². The molecule has 1 amide bonds. The predicted octanol–water partition coefficient (Wildman–Crippen LogP) is 13.5. The van der Waals surface area contributed by atoms with Crippen molar-refractivity contribution in [3.05, 3.63) is 24.3 Å². The minimum Gasteiger partial charge on any atom is -0.394 e. The van der Waals surface area contributed by atoms with E-state index in [1.807, 2.05) is 0 Å². The zero-order valence-corrected chi connectivity index (χ0v) is 37.4. The highest BCUT2D eigenvalue weighted by Gasteiger charge is 2.28. The lowest BCUT2D eigenvalue weighted by atomic mass is 10.00. The zero-order chi connectivity index (χ0) is 41.0. The summed E-state index contributed by atoms with van der Waals surface area (Å²) in [4.78, 5) is 12.5. The molecule has 0 aliphatic rings. The number of hydrogen-bond donors (Lipinski definition) is 5. The second-order valence-electron chi connectivity index (χ2n) is 17.2. The van der Waals surface area contributed by atoms with Gasteiger partial charge in [0, 0.05) is 0 Å². The van der Waals surface area contributed by atoms with Gasteiger partial charge in [-0.1, -0.05) is 218 Å². The molecule has 0 radical (unpaired) electrons. The number of aliphatic hydroxyl groups is 4. The van der Waals surface area contributed by atoms with Crippen molar-refractivity contribution in [3.8, 4) is 0 Å². The predicted molar refractivity (Wildman–Crippen MR) is 242 cm³/mol. The molecule has 0 rings (SSSR count). The summed E-state index contributed by atoms with van der Waals surface area (Å²) in [7, 11) is 0. The lowest BCUT2D eigenvalue weighted by Crippen LogP contribution is -2.53. The number of hydrogen-bond acceptors (Lipinski definition) is 5. The van der Waals surface area contributed by atoms with Crippen molar-refractivity contribution in [2.24, 2.45) is 0 Å². The Morgan fingerprint density at radius 3 is 1.07 bits per heavy atom. The van der Waals surface area contributed by atoms with Gasteiger partial charge in [0.2, 0.25) is 5.91 Å². The van der Waals surface area contributed by atoms with E-state index in [9.17, 15) is 25.2 Å². The Bertz CT molecular complexity index is 847. The smallest absolute Gasteiger partial charge is 0.249 e. The molecule has 0 aliphatic carbocycles. The van der Waals surface area contributed by atoms with Crippen molar-refractivity contribution in [3.63, 3.8) is 0 Å². The fourth-order valence-electron chi connectivity index (χ4n) is 7.69. The molecule has 0 aromatic rings. The van der Waals surface area contributed by atoms with Crippen LogP contribution in [0.4, 0.5) is 0 Å². The van der Waals surface area contributed by atoms with Crippen LogP contribution in [0.15, 0.2) is 24.3 Å². The van der Waals surface area contributed by atoms with Gasteiger partial charge in [0.25, 0.3) is 0 Å². The maximum atomic E-state index is 12.5. The second-order valence-corrected chi connectivity index (χ2v) is 17.2. The quantitative estimate of drug-likeness (QED) is 0.0312. The number of carbonyl (C=O) groups is 1. The van der Waals surface area contributed by atoms with E-state index in [0.717, 1.165) is 44.9 Å². The van der Waals surface area contributed by atoms with Crippen LogP contribution in [0.1, 0.15) is 258 Å². The Balaban J connectivity index is 3.73. The first-order chi connectivity index (χ1) is 27.5. The maximum absolute atomic E-state index is 12.5. The summed E-state index contributed by atoms with van der Waals surface area (Å²) in [5.74, 6) is -0.596. The number of allylic oxidation sites excluding steroid dienone is 4. The molecular formula is C50H97NO5. The van der Waals surface area contributed by atoms with Gasteiger partial charge in [0.1, 0.15) is 12.2 Å². The van der Waals surface area contributed by atoms with Gasteiger partial charge in [-0.25, -0.2) is 0 Å². The summed E-state index contributed by atoms with van der Waals surface area (Å²) in [6.07, 6.45) is 52.2. The summed E-state index contributed by atoms with van der Waals surface area (Å²) in [6, 6.07) is -1.00. The van der Waals surface area contributed by atoms with Gasteiger partial charge < -0.3 is 25.7 Å². The Labute approximate surface area is 348 Å². The standard InChI is InChI=1S/C50H97NO5/c1-3-5-7-9-11-13-15-17-19-21-23-24-26-27-29-31-33-35-37-39-41-43-47(53)49(55)46(45-52)51-50(56)48(54)44-42-40-38-36-34-32-30-28-25-22-20-18-16-14-12-10-8-6-4-2/h25,28,35,37,46-49,52-55H,3-24,26-27,29-34,36,38-45H2,1-2H3,(H,51,56)/b28-25-,37-35+. The van der Waals surface area contributed by atoms with Crippen molar-refractivity contribution < 1.29 is 25.2 Å². The molecule has 4 unspecified atom stereocenters. The van der Waals surface area contributed by atoms with Crippen LogP contribution in [0.25, 0.3) is 0 Å². The van der Waals surface area contributed by atoms with Crippen LogP contribution < -0.4 is 5.32 Å². The number of rotatable bonds is 45. The van der Waals surface area contributed by atoms with Gasteiger partial charge in [-0.3, -0.25) is 4.79 Å². The van der Waals surface area contributed by atoms with E-state index in [1.54, 1.807) is 0 Å². The van der Waals surface area contributed by atoms with Crippen molar-refractivity contribution >= 4 is 5.91 Å². The third-order valence-electron chi connectivity index (χ3n) is 11.6. The molecule has 0 heterocycles. The van der Waals surface area contributed by atoms with E-state index in [-0.39, 0.29) is 0 Å². The van der Waals surface area contributed by atoms with E-state index in [2.05, 4.69) is 43.5 Å². The highest BCUT2D eigenvalue weighted by Crippen LogP contribution is 2.16. The van der Waals surface area contributed by atoms with Gasteiger partial charge in [-0.2, -0.15) is 0 Å². The van der Waals surface area contributed by atoms with Gasteiger partial charge in [-0.05, 0) is 64.2 Å². The molecule has 0 saturated heterocycles. The van der Waals surface area contributed by atoms with Crippen LogP contribution in [0.3, 0.4) is 0 Å². The van der Waals surface area contributed by atoms with Crippen LogP contribution in [0, 0.1) is 0 Å². The molecule has 0 saturated carbocycles. The monoisotopic (exact) mass is 792 g/mol. The first-order valence-electron chi connectivity index (χ1n) is 24.7. The zero-order valence-electron chi connectivity index (χ0n) is 37.4. The Morgan fingerprint density at radius 1 is 0.429 bits per heavy atom. The molecule has 6 heteroatoms. The maximum Gasteiger partial charge on any atom is 0.249 e. The lowest BCUT2D eigenvalue weighted by molar-refractivity contribution is -0.132. The summed E-state index contributed by atoms with van der Waals surface area (Å²) in [5, 5.41) is 43.8. The number of unbranched alkanes of at least 4 members (excludes halogenated alkanes) is 32. The van der Waals surface area contributed by atoms with Gasteiger partial charge in [0.15, 0.2) is 0 Å². The normalized spacial score (nSPS) is 14.2. The molecule has 6 nitrogen and oxygen atoms in total. The Morgan fingerprint density at radius 2 is 0.732 bits per heavy atom. The van der Waals surface area contributed by atoms with E-state index in [4.69, 9.17) is 0 Å². The van der Waals surface area contributed by atoms with Crippen molar-refractivity contribution in [2.75, 3.05) is 6.61 Å². The minimum atomic E-state index is -1.28. The van der Waals surface area contributed by atoms with E-state index in [1.165, 1.54) is 186 Å². The topological polar surface area (TPSA) is 110 Å². The van der Waals surface area contributed by atoms with Gasteiger partial charge in [0.05, 0.1) is 18.8 Å². The number of nitrogens with one attached hydrogen (secondary N) is 1. The van der Waals surface area contributed by atoms with Crippen molar-refractivity contribution in [2.45, 2.75) is 282 Å². The van der Waals surface area contributed by atoms with E-state index < -0.39 is 36.9 Å². The molecule has 0 fully saturated rings. The van der Waals surface area contributed by atoms with Crippen molar-refractivity contribution in [1.82, 2.24) is 5.32 Å². The van der Waals surface area contributed by atoms with E-state index >= 15 is 0 Å². The molecule has 0 aromatic carbocycles. The second kappa shape index (κ2) is 44.9. The van der Waals surface area contributed by atoms with Crippen molar-refractivity contribution in [1.29, 1.82) is 0 Å². The molecule has 0 aromatic heterocycles. The van der Waals surface area contributed by atoms with Crippen LogP contribution in [-0.4, -0.2) is 57.3 Å². The summed E-state index contributed by atoms with van der Waals surface area (Å²) >= 11 is 0. The highest BCUT2D eigenvalue weighted by molar-refractivity contribution is 5.80. The molecule has 0 bridgehead atoms. The summed E-state index contributed by atoms with van der Waals surface area (Å²) in [6.45, 7) is 4.06. The average Bonchev–Trinajstić information content (AvgIpc) is 3.20. The molecule has 5 N–H and O–H groups in total. The highest BCUT2D eigenvalue weighted by atomic mass is 16.3. The SMILES string of the molecule is CCCCCCCCCCC/C=C\CCCCCCCCC(O)C(=O)NC(CO)C(O)C(O)CCC/C=C/CCCCCCCCCCCCCCCCCC. The number of aliphatic hydroxyl groups excluding tert-OH is 4. The van der Waals surface area contributed by atoms with Crippen LogP contribution >= 0.6 is 0 Å².